The van der Waals surface area contributed by atoms with E-state index in [-0.39, 0.29) is 0 Å². The Morgan fingerprint density at radius 1 is 1.05 bits per heavy atom. The molecule has 0 aliphatic heterocycles. The Labute approximate surface area is 135 Å². The number of rotatable bonds is 2. The van der Waals surface area contributed by atoms with Crippen LogP contribution < -0.4 is 10.7 Å². The maximum Gasteiger partial charge on any atom is 0.299 e. The molecule has 0 saturated heterocycles. The van der Waals surface area contributed by atoms with Gasteiger partial charge in [-0.05, 0) is 36.5 Å². The lowest BCUT2D eigenvalue weighted by molar-refractivity contribution is -0.330. The van der Waals surface area contributed by atoms with Gasteiger partial charge >= 0.3 is 0 Å². The van der Waals surface area contributed by atoms with Gasteiger partial charge in [-0.3, -0.25) is 4.57 Å². The topological polar surface area (TPSA) is 60.9 Å². The zero-order valence-corrected chi connectivity index (χ0v) is 13.2. The number of aromatic amines is 2. The van der Waals surface area contributed by atoms with Gasteiger partial charge in [-0.15, -0.1) is 0 Å². The summed E-state index contributed by atoms with van der Waals surface area (Å²) in [6.07, 6.45) is 0. The fraction of sp³-hybridized carbons (Fsp3) is 0. The van der Waals surface area contributed by atoms with Crippen LogP contribution in [0.2, 0.25) is 0 Å². The average molecular weight is 325 g/mol. The monoisotopic (exact) mass is 325 g/mol. The second-order valence-electron chi connectivity index (χ2n) is 4.92. The van der Waals surface area contributed by atoms with Gasteiger partial charge in [0.25, 0.3) is 5.82 Å². The number of fused-ring (bicyclic) bond motifs is 1. The molecular weight excluding hydrogens is 312 g/mol. The van der Waals surface area contributed by atoms with Crippen molar-refractivity contribution < 1.29 is 4.98 Å². The Kier molecular flexibility index (Phi) is 3.06. The smallest absolute Gasteiger partial charge is 0.299 e. The number of H-pyrrole nitrogens is 2. The van der Waals surface area contributed by atoms with Crippen molar-refractivity contribution in [2.75, 3.05) is 5.73 Å². The normalized spacial score (nSPS) is 11.1. The molecule has 0 saturated carbocycles. The third kappa shape index (κ3) is 2.04. The van der Waals surface area contributed by atoms with Crippen molar-refractivity contribution in [3.05, 3.63) is 58.6 Å². The second kappa shape index (κ2) is 5.08. The maximum absolute atomic E-state index is 6.36. The van der Waals surface area contributed by atoms with Crippen LogP contribution in [0, 0.1) is 3.95 Å². The fourth-order valence-electron chi connectivity index (χ4n) is 2.50. The molecule has 2 aromatic carbocycles. The lowest BCUT2D eigenvalue weighted by Crippen LogP contribution is -2.05. The van der Waals surface area contributed by atoms with E-state index >= 15 is 0 Å². The van der Waals surface area contributed by atoms with Crippen LogP contribution in [0.5, 0.6) is 0 Å². The number of thiazole rings is 1. The summed E-state index contributed by atoms with van der Waals surface area (Å²) in [5.41, 5.74) is 9.42. The van der Waals surface area contributed by atoms with Crippen LogP contribution >= 0.6 is 23.6 Å². The van der Waals surface area contributed by atoms with Crippen molar-refractivity contribution in [2.24, 2.45) is 0 Å². The zero-order chi connectivity index (χ0) is 15.1. The van der Waals surface area contributed by atoms with Crippen LogP contribution in [0.15, 0.2) is 54.6 Å². The number of nitrogens with two attached hydrogens (primary N) is 1. The second-order valence-corrected chi connectivity index (χ2v) is 6.57. The van der Waals surface area contributed by atoms with Crippen molar-refractivity contribution in [1.82, 2.24) is 9.55 Å². The van der Waals surface area contributed by atoms with E-state index in [4.69, 9.17) is 18.0 Å². The average Bonchev–Trinajstić information content (AvgIpc) is 3.09. The summed E-state index contributed by atoms with van der Waals surface area (Å²) >= 11 is 6.99. The molecule has 0 aliphatic carbocycles. The number of nitrogen functional groups attached to an aromatic ring is 1. The van der Waals surface area contributed by atoms with Crippen LogP contribution in [-0.4, -0.2) is 9.55 Å². The van der Waals surface area contributed by atoms with E-state index < -0.39 is 0 Å². The number of benzene rings is 2. The van der Waals surface area contributed by atoms with Gasteiger partial charge in [0.15, 0.2) is 19.9 Å². The van der Waals surface area contributed by atoms with E-state index in [0.29, 0.717) is 5.82 Å². The lowest BCUT2D eigenvalue weighted by Gasteiger charge is -2.04. The summed E-state index contributed by atoms with van der Waals surface area (Å²) in [7, 11) is 0. The summed E-state index contributed by atoms with van der Waals surface area (Å²) in [6, 6.07) is 18.0. The third-order valence-electron chi connectivity index (χ3n) is 3.53. The van der Waals surface area contributed by atoms with Gasteiger partial charge in [-0.25, -0.2) is 9.97 Å². The van der Waals surface area contributed by atoms with Gasteiger partial charge in [0.1, 0.15) is 5.82 Å². The molecule has 0 unspecified atom stereocenters. The van der Waals surface area contributed by atoms with Crippen LogP contribution in [-0.2, 0) is 0 Å². The molecule has 4 aromatic rings. The highest BCUT2D eigenvalue weighted by molar-refractivity contribution is 7.73. The van der Waals surface area contributed by atoms with Gasteiger partial charge < -0.3 is 5.73 Å². The molecule has 2 heterocycles. The predicted octanol–water partition coefficient (Wildman–Crippen LogP) is 3.81. The van der Waals surface area contributed by atoms with E-state index in [9.17, 15) is 0 Å². The van der Waals surface area contributed by atoms with Gasteiger partial charge in [-0.2, -0.15) is 0 Å². The molecular formula is C16H13N4S2+. The van der Waals surface area contributed by atoms with E-state index in [2.05, 4.69) is 9.97 Å². The highest BCUT2D eigenvalue weighted by Crippen LogP contribution is 2.32. The number of aromatic nitrogens is 3. The van der Waals surface area contributed by atoms with Gasteiger partial charge in [-0.1, -0.05) is 41.7 Å². The Hall–Kier alpha value is -2.44. The molecule has 108 valence electrons. The molecule has 0 amide bonds. The maximum atomic E-state index is 6.36. The first-order valence-corrected chi connectivity index (χ1v) is 8.03. The van der Waals surface area contributed by atoms with Crippen molar-refractivity contribution >= 4 is 40.4 Å². The first-order chi connectivity index (χ1) is 10.7. The van der Waals surface area contributed by atoms with Gasteiger partial charge in [0, 0.05) is 5.69 Å². The number of imidazole rings is 1. The minimum atomic E-state index is 0.643. The lowest BCUT2D eigenvalue weighted by atomic mass is 10.3. The highest BCUT2D eigenvalue weighted by atomic mass is 32.1. The first-order valence-electron chi connectivity index (χ1n) is 6.81. The molecule has 0 radical (unpaired) electrons. The number of nitrogens with one attached hydrogen (secondary N) is 2. The fourth-order valence-corrected chi connectivity index (χ4v) is 3.82. The number of anilines is 1. The highest BCUT2D eigenvalue weighted by Gasteiger charge is 2.20. The molecule has 0 spiro atoms. The third-order valence-corrected chi connectivity index (χ3v) is 4.94. The summed E-state index contributed by atoms with van der Waals surface area (Å²) in [5, 5.41) is 0. The molecule has 4 rings (SSSR count). The summed E-state index contributed by atoms with van der Waals surface area (Å²) < 4.78 is 2.63. The molecule has 0 atom stereocenters. The van der Waals surface area contributed by atoms with Crippen LogP contribution in [0.1, 0.15) is 0 Å². The summed E-state index contributed by atoms with van der Waals surface area (Å²) in [4.78, 5) is 7.64. The molecule has 0 fully saturated rings. The van der Waals surface area contributed by atoms with E-state index in [1.54, 1.807) is 0 Å². The minimum absolute atomic E-state index is 0.643. The number of para-hydroxylation sites is 3. The van der Waals surface area contributed by atoms with E-state index in [1.165, 1.54) is 11.3 Å². The molecule has 4 N–H and O–H groups in total. The molecule has 22 heavy (non-hydrogen) atoms. The number of hydrogen-bond donors (Lipinski definition) is 2. The Balaban J connectivity index is 1.92. The molecule has 4 nitrogen and oxygen atoms in total. The zero-order valence-electron chi connectivity index (χ0n) is 11.5. The largest absolute Gasteiger partial charge is 0.383 e. The minimum Gasteiger partial charge on any atom is -0.383 e. The van der Waals surface area contributed by atoms with E-state index in [0.717, 1.165) is 31.4 Å². The standard InChI is InChI=1S/C16H12N4S2/c17-14-13(15-18-11-8-4-5-9-12(11)19-15)22-16(21)20(14)10-6-2-1-3-7-10/h1-9H,17H2,(H,18,19)/p+1. The van der Waals surface area contributed by atoms with Gasteiger partial charge in [0.2, 0.25) is 0 Å². The Morgan fingerprint density at radius 3 is 2.55 bits per heavy atom. The number of nitrogens with zero attached hydrogens (tertiary/aromatic N) is 1. The molecule has 0 bridgehead atoms. The van der Waals surface area contributed by atoms with E-state index in [1.807, 2.05) is 59.2 Å². The van der Waals surface area contributed by atoms with Crippen molar-refractivity contribution in [1.29, 1.82) is 0 Å². The van der Waals surface area contributed by atoms with Crippen LogP contribution in [0.3, 0.4) is 0 Å². The summed E-state index contributed by atoms with van der Waals surface area (Å²) in [5.74, 6) is 1.52. The molecule has 0 aliphatic rings. The summed E-state index contributed by atoms with van der Waals surface area (Å²) in [6.45, 7) is 0. The van der Waals surface area contributed by atoms with Crippen molar-refractivity contribution in [2.45, 2.75) is 0 Å². The molecule has 2 aromatic heterocycles. The van der Waals surface area contributed by atoms with Crippen LogP contribution in [0.4, 0.5) is 5.82 Å². The SMILES string of the molecule is Nc1c(-c2[nH]c3ccccc3[nH+]2)sc(=S)n1-c1ccccc1. The van der Waals surface area contributed by atoms with Crippen molar-refractivity contribution in [3.8, 4) is 16.4 Å². The van der Waals surface area contributed by atoms with Crippen LogP contribution in [0.25, 0.3) is 27.4 Å². The quantitative estimate of drug-likeness (QED) is 0.551. The number of hydrogen-bond acceptors (Lipinski definition) is 3. The Bertz CT molecular complexity index is 978. The van der Waals surface area contributed by atoms with Gasteiger partial charge in [0.05, 0.1) is 0 Å². The first kappa shape index (κ1) is 13.2. The Morgan fingerprint density at radius 2 is 1.77 bits per heavy atom. The molecule has 6 heteroatoms. The van der Waals surface area contributed by atoms with Crippen molar-refractivity contribution in [3.63, 3.8) is 0 Å². The predicted molar refractivity (Wildman–Crippen MR) is 92.7 cm³/mol.